The van der Waals surface area contributed by atoms with Crippen molar-refractivity contribution in [1.82, 2.24) is 0 Å². The number of benzene rings is 1. The number of hydrogen-bond acceptors (Lipinski definition) is 8. The minimum atomic E-state index is -1.34. The number of esters is 3. The third kappa shape index (κ3) is 6.64. The molecule has 0 aliphatic carbocycles. The Labute approximate surface area is 163 Å². The maximum atomic E-state index is 12.2. The summed E-state index contributed by atoms with van der Waals surface area (Å²) in [5.41, 5.74) is -1.07. The van der Waals surface area contributed by atoms with Gasteiger partial charge in [-0.3, -0.25) is 19.7 Å². The Morgan fingerprint density at radius 3 is 2.04 bits per heavy atom. The SMILES string of the molecule is CCOC(=O)C(Cc1ccc(C(=O)OC(C)(C)C)cc1[N+](=O)[O-])C(=O)OCC. The molecule has 0 heterocycles. The van der Waals surface area contributed by atoms with Crippen LogP contribution < -0.4 is 0 Å². The van der Waals surface area contributed by atoms with Crippen LogP contribution in [0.5, 0.6) is 0 Å². The fourth-order valence-corrected chi connectivity index (χ4v) is 2.34. The van der Waals surface area contributed by atoms with E-state index in [-0.39, 0.29) is 30.8 Å². The zero-order valence-corrected chi connectivity index (χ0v) is 16.6. The van der Waals surface area contributed by atoms with Gasteiger partial charge in [-0.05, 0) is 40.7 Å². The van der Waals surface area contributed by atoms with Gasteiger partial charge in [0.2, 0.25) is 0 Å². The lowest BCUT2D eigenvalue weighted by molar-refractivity contribution is -0.385. The molecule has 0 atom stereocenters. The Morgan fingerprint density at radius 2 is 1.61 bits per heavy atom. The van der Waals surface area contributed by atoms with E-state index in [0.29, 0.717) is 0 Å². The Kier molecular flexibility index (Phi) is 8.09. The Bertz CT molecular complexity index is 733. The highest BCUT2D eigenvalue weighted by molar-refractivity contribution is 5.95. The Balaban J connectivity index is 3.23. The number of hydrogen-bond donors (Lipinski definition) is 0. The van der Waals surface area contributed by atoms with Crippen LogP contribution in [-0.4, -0.2) is 41.6 Å². The van der Waals surface area contributed by atoms with E-state index in [0.717, 1.165) is 6.07 Å². The molecule has 9 heteroatoms. The lowest BCUT2D eigenvalue weighted by atomic mass is 9.96. The predicted molar refractivity (Wildman–Crippen MR) is 98.7 cm³/mol. The summed E-state index contributed by atoms with van der Waals surface area (Å²) in [5.74, 6) is -3.71. The molecule has 1 aromatic rings. The first-order valence-electron chi connectivity index (χ1n) is 8.84. The third-order valence-electron chi connectivity index (χ3n) is 3.48. The van der Waals surface area contributed by atoms with Crippen molar-refractivity contribution in [3.05, 3.63) is 39.4 Å². The molecule has 0 saturated heterocycles. The van der Waals surface area contributed by atoms with E-state index in [1.54, 1.807) is 34.6 Å². The van der Waals surface area contributed by atoms with Crippen LogP contribution in [0.2, 0.25) is 0 Å². The van der Waals surface area contributed by atoms with Crippen LogP contribution in [0.4, 0.5) is 5.69 Å². The molecule has 0 fully saturated rings. The van der Waals surface area contributed by atoms with Crippen molar-refractivity contribution in [3.63, 3.8) is 0 Å². The highest BCUT2D eigenvalue weighted by atomic mass is 16.6. The van der Waals surface area contributed by atoms with Gasteiger partial charge in [-0.15, -0.1) is 0 Å². The van der Waals surface area contributed by atoms with Gasteiger partial charge in [-0.2, -0.15) is 0 Å². The summed E-state index contributed by atoms with van der Waals surface area (Å²) in [6, 6.07) is 3.74. The standard InChI is InChI=1S/C19H25NO8/c1-6-26-17(22)14(18(23)27-7-2)10-12-8-9-13(11-15(12)20(24)25)16(21)28-19(3,4)5/h8-9,11,14H,6-7,10H2,1-5H3. The highest BCUT2D eigenvalue weighted by Gasteiger charge is 2.32. The largest absolute Gasteiger partial charge is 0.465 e. The predicted octanol–water partition coefficient (Wildman–Crippen LogP) is 2.84. The smallest absolute Gasteiger partial charge is 0.338 e. The van der Waals surface area contributed by atoms with Gasteiger partial charge in [-0.1, -0.05) is 6.07 Å². The summed E-state index contributed by atoms with van der Waals surface area (Å²) in [4.78, 5) is 47.2. The summed E-state index contributed by atoms with van der Waals surface area (Å²) < 4.78 is 15.0. The Hall–Kier alpha value is -2.97. The topological polar surface area (TPSA) is 122 Å². The first-order valence-corrected chi connectivity index (χ1v) is 8.84. The van der Waals surface area contributed by atoms with Crippen LogP contribution in [0.25, 0.3) is 0 Å². The number of ether oxygens (including phenoxy) is 3. The Morgan fingerprint density at radius 1 is 1.07 bits per heavy atom. The average Bonchev–Trinajstić information content (AvgIpc) is 2.58. The number of carbonyl (C=O) groups is 3. The second kappa shape index (κ2) is 9.82. The number of nitro benzene ring substituents is 1. The molecule has 28 heavy (non-hydrogen) atoms. The van der Waals surface area contributed by atoms with E-state index in [1.807, 2.05) is 0 Å². The highest BCUT2D eigenvalue weighted by Crippen LogP contribution is 2.25. The molecule has 1 rings (SSSR count). The summed E-state index contributed by atoms with van der Waals surface area (Å²) in [6.07, 6.45) is -0.289. The monoisotopic (exact) mass is 395 g/mol. The molecule has 0 amide bonds. The second-order valence-electron chi connectivity index (χ2n) is 6.86. The number of carbonyl (C=O) groups excluding carboxylic acids is 3. The molecule has 0 aliphatic heterocycles. The number of rotatable bonds is 8. The molecule has 0 aliphatic rings. The van der Waals surface area contributed by atoms with Crippen molar-refractivity contribution in [1.29, 1.82) is 0 Å². The van der Waals surface area contributed by atoms with E-state index in [4.69, 9.17) is 14.2 Å². The van der Waals surface area contributed by atoms with E-state index in [9.17, 15) is 24.5 Å². The zero-order valence-electron chi connectivity index (χ0n) is 16.6. The van der Waals surface area contributed by atoms with Gasteiger partial charge in [0, 0.05) is 18.1 Å². The van der Waals surface area contributed by atoms with Crippen LogP contribution in [0, 0.1) is 16.0 Å². The maximum absolute atomic E-state index is 12.2. The van der Waals surface area contributed by atoms with Gasteiger partial charge in [0.1, 0.15) is 5.60 Å². The minimum Gasteiger partial charge on any atom is -0.465 e. The van der Waals surface area contributed by atoms with Crippen LogP contribution in [0.15, 0.2) is 18.2 Å². The molecule has 0 aromatic heterocycles. The summed E-state index contributed by atoms with van der Waals surface area (Å²) in [7, 11) is 0. The summed E-state index contributed by atoms with van der Waals surface area (Å²) >= 11 is 0. The quantitative estimate of drug-likeness (QED) is 0.216. The molecular formula is C19H25NO8. The van der Waals surface area contributed by atoms with Crippen molar-refractivity contribution in [3.8, 4) is 0 Å². The molecule has 0 unspecified atom stereocenters. The normalized spacial score (nSPS) is 11.1. The molecule has 0 radical (unpaired) electrons. The van der Waals surface area contributed by atoms with Crippen molar-refractivity contribution in [2.45, 2.75) is 46.6 Å². The zero-order chi connectivity index (χ0) is 21.5. The van der Waals surface area contributed by atoms with Crippen molar-refractivity contribution >= 4 is 23.6 Å². The van der Waals surface area contributed by atoms with Crippen molar-refractivity contribution in [2.75, 3.05) is 13.2 Å². The van der Waals surface area contributed by atoms with Crippen molar-refractivity contribution < 1.29 is 33.5 Å². The molecule has 9 nitrogen and oxygen atoms in total. The third-order valence-corrected chi connectivity index (χ3v) is 3.48. The molecular weight excluding hydrogens is 370 g/mol. The van der Waals surface area contributed by atoms with E-state index >= 15 is 0 Å². The minimum absolute atomic E-state index is 0.00538. The number of nitrogens with zero attached hydrogens (tertiary/aromatic N) is 1. The van der Waals surface area contributed by atoms with Gasteiger partial charge in [0.05, 0.1) is 23.7 Å². The number of nitro groups is 1. The lowest BCUT2D eigenvalue weighted by Crippen LogP contribution is -2.30. The van der Waals surface area contributed by atoms with E-state index in [2.05, 4.69) is 0 Å². The van der Waals surface area contributed by atoms with Crippen LogP contribution in [-0.2, 0) is 30.2 Å². The van der Waals surface area contributed by atoms with E-state index < -0.39 is 40.0 Å². The fraction of sp³-hybridized carbons (Fsp3) is 0.526. The maximum Gasteiger partial charge on any atom is 0.338 e. The molecule has 154 valence electrons. The summed E-state index contributed by atoms with van der Waals surface area (Å²) in [6.45, 7) is 8.30. The van der Waals surface area contributed by atoms with Crippen LogP contribution in [0.3, 0.4) is 0 Å². The fourth-order valence-electron chi connectivity index (χ4n) is 2.34. The molecule has 0 N–H and O–H groups in total. The second-order valence-corrected chi connectivity index (χ2v) is 6.86. The molecule has 0 bridgehead atoms. The van der Waals surface area contributed by atoms with Crippen LogP contribution >= 0.6 is 0 Å². The van der Waals surface area contributed by atoms with Gasteiger partial charge in [0.25, 0.3) is 5.69 Å². The average molecular weight is 395 g/mol. The van der Waals surface area contributed by atoms with Gasteiger partial charge in [0.15, 0.2) is 5.92 Å². The summed E-state index contributed by atoms with van der Waals surface area (Å²) in [5, 5.41) is 11.5. The molecule has 0 saturated carbocycles. The van der Waals surface area contributed by atoms with Crippen LogP contribution in [0.1, 0.15) is 50.5 Å². The lowest BCUT2D eigenvalue weighted by Gasteiger charge is -2.19. The molecule has 0 spiro atoms. The first kappa shape index (κ1) is 23.1. The molecule has 1 aromatic carbocycles. The van der Waals surface area contributed by atoms with E-state index in [1.165, 1.54) is 12.1 Å². The van der Waals surface area contributed by atoms with Gasteiger partial charge < -0.3 is 14.2 Å². The first-order chi connectivity index (χ1) is 13.0. The van der Waals surface area contributed by atoms with Gasteiger partial charge in [-0.25, -0.2) is 4.79 Å². The van der Waals surface area contributed by atoms with Crippen molar-refractivity contribution in [2.24, 2.45) is 5.92 Å². The van der Waals surface area contributed by atoms with Gasteiger partial charge >= 0.3 is 17.9 Å².